The summed E-state index contributed by atoms with van der Waals surface area (Å²) >= 11 is 0. The summed E-state index contributed by atoms with van der Waals surface area (Å²) in [5.41, 5.74) is 11.2. The van der Waals surface area contributed by atoms with Crippen molar-refractivity contribution in [2.75, 3.05) is 169 Å². The van der Waals surface area contributed by atoms with Crippen molar-refractivity contribution in [2.24, 2.45) is 0 Å². The molecule has 19 rings (SSSR count). The number of likely N-dealkylation sites (tertiary alicyclic amines) is 3. The monoisotopic (exact) mass is 1990 g/mol. The highest BCUT2D eigenvalue weighted by Gasteiger charge is 2.43. The Balaban J connectivity index is 0.000000168. The molecule has 0 radical (unpaired) electrons. The second-order valence-corrected chi connectivity index (χ2v) is 37.8. The van der Waals surface area contributed by atoms with E-state index >= 15 is 0 Å². The van der Waals surface area contributed by atoms with Gasteiger partial charge in [-0.05, 0) is 189 Å². The third-order valence-corrected chi connectivity index (χ3v) is 28.8. The number of nitrogens with one attached hydrogen (secondary N) is 2. The van der Waals surface area contributed by atoms with Crippen LogP contribution in [0.2, 0.25) is 0 Å². The van der Waals surface area contributed by atoms with Crippen LogP contribution in [0, 0.1) is 54.8 Å². The van der Waals surface area contributed by atoms with Crippen LogP contribution < -0.4 is 48.9 Å². The second-order valence-electron chi connectivity index (χ2n) is 37.8. The van der Waals surface area contributed by atoms with Gasteiger partial charge in [-0.1, -0.05) is 81.2 Å². The minimum absolute atomic E-state index is 0. The van der Waals surface area contributed by atoms with Gasteiger partial charge in [-0.2, -0.15) is 91.0 Å². The molecule has 14 heterocycles. The van der Waals surface area contributed by atoms with E-state index in [2.05, 4.69) is 187 Å². The smallest absolute Gasteiger partial charge is 0.418 e. The average molecular weight is 1990 g/mol. The Labute approximate surface area is 846 Å². The molecular weight excluding hydrogens is 1860 g/mol. The zero-order valence-electron chi connectivity index (χ0n) is 81.4. The normalized spacial score (nSPS) is 19.7. The molecule has 5 aromatic heterocycles. The van der Waals surface area contributed by atoms with Crippen molar-refractivity contribution < 1.29 is 51.0 Å². The third-order valence-electron chi connectivity index (χ3n) is 28.8. The number of nitrogens with zero attached hydrogens (tertiary/aromatic N) is 23. The van der Waals surface area contributed by atoms with Gasteiger partial charge < -0.3 is 78.3 Å². The molecule has 0 saturated carbocycles. The second kappa shape index (κ2) is 46.7. The van der Waals surface area contributed by atoms with Crippen molar-refractivity contribution in [3.8, 4) is 36.2 Å². The number of amides is 4. The van der Waals surface area contributed by atoms with Crippen molar-refractivity contribution in [2.45, 2.75) is 174 Å². The van der Waals surface area contributed by atoms with Gasteiger partial charge in [-0.25, -0.2) is 4.39 Å². The molecule has 143 heavy (non-hydrogen) atoms. The predicted molar refractivity (Wildman–Crippen MR) is 555 cm³/mol. The molecule has 754 valence electrons. The number of fused-ring (bicyclic) bond motifs is 6. The number of carbonyl (C=O) groups excluding carboxylic acids is 4. The van der Waals surface area contributed by atoms with Crippen LogP contribution in [0.3, 0.4) is 0 Å². The van der Waals surface area contributed by atoms with Gasteiger partial charge in [0.05, 0.1) is 121 Å². The summed E-state index contributed by atoms with van der Waals surface area (Å²) in [4.78, 5) is 109. The van der Waals surface area contributed by atoms with E-state index in [1.807, 2.05) is 29.0 Å². The number of pyridine rings is 1. The molecule has 38 heteroatoms. The first-order chi connectivity index (χ1) is 67.7. The number of rotatable bonds is 23. The quantitative estimate of drug-likeness (QED) is 0.0444. The van der Waals surface area contributed by atoms with Crippen molar-refractivity contribution in [1.29, 1.82) is 15.8 Å². The number of alkyl halides is 3. The average Bonchev–Trinajstić information content (AvgIpc) is 1.70. The number of aromatic nitrogens is 9. The fraction of sp³-hybridized carbons (Fsp3) is 0.457. The number of benzene rings is 5. The zero-order valence-corrected chi connectivity index (χ0v) is 83.4. The fourth-order valence-electron chi connectivity index (χ4n) is 21.4. The Morgan fingerprint density at radius 2 is 0.923 bits per heavy atom. The van der Waals surface area contributed by atoms with Gasteiger partial charge in [-0.3, -0.25) is 29.3 Å². The lowest BCUT2D eigenvalue weighted by molar-refractivity contribution is -0.137. The summed E-state index contributed by atoms with van der Waals surface area (Å²) in [6, 6.07) is 38.1. The van der Waals surface area contributed by atoms with Gasteiger partial charge in [-0.15, -0.1) is 0 Å². The van der Waals surface area contributed by atoms with Crippen LogP contribution >= 0.6 is 27.0 Å². The standard InChI is InChI=1S/C38H42N8O2.C35H42N8O3.C31H35F4N9O2.CH4.2H2S/c1-27-6-3-7-29-8-4-10-34(36(27)29)44-21-16-32-33(25-44)41-38(48-26-31-9-5-20-43(31)2)42-37(32)45-22-23-46(30(24-45)13-17-39)35(47)12-11-28-14-18-40-19-15-28;1-23-8-5-9-26-10-6-12-31(32(23)26)41-17-14-29-30(21-41)38-35(46-22-28-11-7-16-40(28)4)39-33(29)42-18-19-43(27(20-42)13-15-36)34(45)24(2)37-25(3)44;1-18-13-24-23(14-37-40-24)27(26(18)31(33,34)35)42-10-7-22-25(16-42)38-30(46-17-21-5-4-9-41(21)3)39-28(22)43-11-12-44(29(45)19(2)32)20(15-43)6-8-36;;;/h3-4,6-8,10-12,14-15,18-19,30-31H,5,9,13,16,20-26H2,1-2H3;5-6,8-10,12,27-28H,2,7,11,13-14,16-22H2,1,3-4H3,(H,37,44);13-14,20-21H,2,4-7,9-12,15-17H2,1,3H3,(H,37,40);1H4;2*1H2/b12-11+;;;;;/t30-,31-;27-,28-;20-,21-;;;/m000.../s1. The number of likely N-dealkylation sites (N-methyl/N-ethyl adjacent to an activating group) is 3. The number of piperazine rings is 3. The van der Waals surface area contributed by atoms with E-state index in [1.165, 1.54) is 81.5 Å². The minimum atomic E-state index is -4.60. The third kappa shape index (κ3) is 23.6. The van der Waals surface area contributed by atoms with Gasteiger partial charge in [0.1, 0.15) is 37.3 Å². The molecule has 32 nitrogen and oxygen atoms in total. The molecule has 0 spiro atoms. The SMILES string of the molecule is C.C=C(F)C(=O)N1CCN(c2nc(OC[C@@H]3CCCN3C)nc3c2CCN(c2c(C(F)(F)F)c(C)cc4[nH]ncc24)C3)C[C@@H]1CC#N.C=C(NC(C)=O)C(=O)N1CCN(c2nc(OC[C@@H]3CCCN3C)nc3c2CCN(c2cccc4cccc(C)c24)C3)C[C@@H]1CC#N.Cc1cccc2cccc(N3CCc4c(nc(OC[C@@H]5CCCN5C)nc4N4CCN(C(=O)/C=C/c5ccncc5)[C@@H](CC#N)C4)C3)c12.S.S. The van der Waals surface area contributed by atoms with Crippen LogP contribution in [0.4, 0.5) is 52.1 Å². The summed E-state index contributed by atoms with van der Waals surface area (Å²) in [5, 5.41) is 43.6. The van der Waals surface area contributed by atoms with Crippen LogP contribution in [0.5, 0.6) is 18.0 Å². The van der Waals surface area contributed by atoms with Gasteiger partial charge in [0.15, 0.2) is 5.83 Å². The van der Waals surface area contributed by atoms with E-state index in [9.17, 15) is 52.5 Å². The van der Waals surface area contributed by atoms with Crippen molar-refractivity contribution in [1.82, 2.24) is 79.8 Å². The molecule has 2 N–H and O–H groups in total. The maximum Gasteiger partial charge on any atom is 0.418 e. The lowest BCUT2D eigenvalue weighted by Crippen LogP contribution is -2.56. The Bertz CT molecular complexity index is 6480. The molecular formula is C105H127F4N25O7S2. The van der Waals surface area contributed by atoms with E-state index in [0.29, 0.717) is 132 Å². The van der Waals surface area contributed by atoms with Gasteiger partial charge >= 0.3 is 24.2 Å². The highest BCUT2D eigenvalue weighted by Crippen LogP contribution is 2.47. The largest absolute Gasteiger partial charge is 0.462 e. The lowest BCUT2D eigenvalue weighted by Gasteiger charge is -2.42. The van der Waals surface area contributed by atoms with E-state index in [1.54, 1.807) is 34.3 Å². The summed E-state index contributed by atoms with van der Waals surface area (Å²) < 4.78 is 76.1. The topological polar surface area (TPSA) is 337 Å². The predicted octanol–water partition coefficient (Wildman–Crippen LogP) is 13.6. The number of hydrogen-bond donors (Lipinski definition) is 2. The number of ether oxygens (including phenoxy) is 3. The molecule has 4 amide bonds. The Morgan fingerprint density at radius 1 is 0.517 bits per heavy atom. The number of halogens is 4. The Morgan fingerprint density at radius 3 is 1.33 bits per heavy atom. The number of anilines is 6. The number of carbonyl (C=O) groups is 4. The molecule has 0 unspecified atom stereocenters. The van der Waals surface area contributed by atoms with Crippen LogP contribution in [0.25, 0.3) is 38.5 Å². The van der Waals surface area contributed by atoms with Crippen LogP contribution in [-0.4, -0.2) is 273 Å². The number of H-pyrrole nitrogens is 1. The molecule has 6 atom stereocenters. The minimum Gasteiger partial charge on any atom is -0.462 e. The molecule has 0 aliphatic carbocycles. The number of aryl methyl sites for hydroxylation is 3. The van der Waals surface area contributed by atoms with Gasteiger partial charge in [0, 0.05) is 166 Å². The first-order valence-corrected chi connectivity index (χ1v) is 48.3. The molecule has 9 aliphatic rings. The highest BCUT2D eigenvalue weighted by atomic mass is 32.1. The molecule has 10 aromatic rings. The molecule has 0 bridgehead atoms. The summed E-state index contributed by atoms with van der Waals surface area (Å²) in [5.74, 6) is -0.547. The molecule has 9 aliphatic heterocycles. The fourth-order valence-corrected chi connectivity index (χ4v) is 21.4. The summed E-state index contributed by atoms with van der Waals surface area (Å²) in [6.45, 7) is 25.3. The van der Waals surface area contributed by atoms with Crippen molar-refractivity contribution in [3.63, 3.8) is 0 Å². The van der Waals surface area contributed by atoms with Gasteiger partial charge in [0.2, 0.25) is 11.8 Å². The van der Waals surface area contributed by atoms with E-state index < -0.39 is 35.6 Å². The Hall–Kier alpha value is -13.5. The first-order valence-electron chi connectivity index (χ1n) is 48.3. The number of hydrogen-bond acceptors (Lipinski definition) is 27. The molecule has 5 aromatic carbocycles. The van der Waals surface area contributed by atoms with Crippen LogP contribution in [0.15, 0.2) is 140 Å². The number of aromatic amines is 1. The van der Waals surface area contributed by atoms with Crippen LogP contribution in [0.1, 0.15) is 134 Å². The van der Waals surface area contributed by atoms with Crippen molar-refractivity contribution in [3.05, 3.63) is 202 Å². The first kappa shape index (κ1) is 105. The van der Waals surface area contributed by atoms with Crippen molar-refractivity contribution >= 4 is 124 Å². The Kier molecular flexibility index (Phi) is 34.4. The maximum atomic E-state index is 14.5. The summed E-state index contributed by atoms with van der Waals surface area (Å²) in [7, 11) is 6.30. The van der Waals surface area contributed by atoms with E-state index in [0.717, 1.165) is 123 Å². The van der Waals surface area contributed by atoms with E-state index in [4.69, 9.17) is 44.1 Å². The summed E-state index contributed by atoms with van der Waals surface area (Å²) in [6.07, 6.45) is 12.4. The highest BCUT2D eigenvalue weighted by molar-refractivity contribution is 7.59. The zero-order chi connectivity index (χ0) is 98.2. The van der Waals surface area contributed by atoms with E-state index in [-0.39, 0.29) is 133 Å². The lowest BCUT2D eigenvalue weighted by atomic mass is 9.98. The van der Waals surface area contributed by atoms with Crippen LogP contribution in [-0.2, 0) is 64.3 Å². The molecule has 6 fully saturated rings. The maximum absolute atomic E-state index is 14.5. The van der Waals surface area contributed by atoms with Gasteiger partial charge in [0.25, 0.3) is 11.8 Å². The number of nitriles is 3. The molecule has 6 saturated heterocycles.